The van der Waals surface area contributed by atoms with Crippen LogP contribution in [0.1, 0.15) is 84.7 Å². The maximum Gasteiger partial charge on any atom is 0.408 e. The molecule has 10 heteroatoms. The Balaban J connectivity index is 3.25. The molecular formula is C27H43N3O7. The lowest BCUT2D eigenvalue weighted by Crippen LogP contribution is -2.52. The van der Waals surface area contributed by atoms with Gasteiger partial charge in [0.1, 0.15) is 30.0 Å². The summed E-state index contributed by atoms with van der Waals surface area (Å²) in [6.45, 7) is 8.65. The van der Waals surface area contributed by atoms with Crippen LogP contribution in [0.25, 0.3) is 0 Å². The average molecular weight is 522 g/mol. The number of aromatic hydroxyl groups is 1. The van der Waals surface area contributed by atoms with Crippen LogP contribution in [0.2, 0.25) is 0 Å². The Morgan fingerprint density at radius 1 is 1.05 bits per heavy atom. The van der Waals surface area contributed by atoms with Crippen LogP contribution >= 0.6 is 0 Å². The molecule has 208 valence electrons. The van der Waals surface area contributed by atoms with E-state index in [0.717, 1.165) is 32.1 Å². The van der Waals surface area contributed by atoms with Crippen molar-refractivity contribution in [1.82, 2.24) is 15.5 Å². The van der Waals surface area contributed by atoms with Gasteiger partial charge < -0.3 is 30.1 Å². The highest BCUT2D eigenvalue weighted by Crippen LogP contribution is 2.26. The number of esters is 1. The molecule has 0 saturated heterocycles. The van der Waals surface area contributed by atoms with Crippen molar-refractivity contribution in [1.29, 1.82) is 0 Å². The first-order chi connectivity index (χ1) is 17.4. The van der Waals surface area contributed by atoms with Crippen LogP contribution in [-0.2, 0) is 23.9 Å². The van der Waals surface area contributed by atoms with Crippen LogP contribution in [0.3, 0.4) is 0 Å². The highest BCUT2D eigenvalue weighted by Gasteiger charge is 2.34. The molecule has 37 heavy (non-hydrogen) atoms. The Hall–Kier alpha value is -3.30. The van der Waals surface area contributed by atoms with E-state index in [1.165, 1.54) is 31.1 Å². The number of ether oxygens (including phenoxy) is 2. The minimum absolute atomic E-state index is 0.0739. The molecule has 0 aliphatic heterocycles. The molecule has 3 amide bonds. The minimum Gasteiger partial charge on any atom is -0.508 e. The number of rotatable bonds is 14. The number of hydrogen-bond donors (Lipinski definition) is 3. The summed E-state index contributed by atoms with van der Waals surface area (Å²) in [4.78, 5) is 52.3. The zero-order chi connectivity index (χ0) is 28.0. The summed E-state index contributed by atoms with van der Waals surface area (Å²) in [5, 5.41) is 15.1. The zero-order valence-corrected chi connectivity index (χ0v) is 23.0. The average Bonchev–Trinajstić information content (AvgIpc) is 2.81. The fourth-order valence-corrected chi connectivity index (χ4v) is 3.72. The molecule has 0 aliphatic rings. The van der Waals surface area contributed by atoms with Crippen LogP contribution < -0.4 is 10.6 Å². The summed E-state index contributed by atoms with van der Waals surface area (Å²) in [5.74, 6) is -1.83. The predicted octanol–water partition coefficient (Wildman–Crippen LogP) is 3.82. The van der Waals surface area contributed by atoms with Crippen molar-refractivity contribution < 1.29 is 33.8 Å². The Morgan fingerprint density at radius 3 is 2.30 bits per heavy atom. The third kappa shape index (κ3) is 12.0. The van der Waals surface area contributed by atoms with Crippen LogP contribution in [-0.4, -0.2) is 65.7 Å². The van der Waals surface area contributed by atoms with Crippen LogP contribution in [0.15, 0.2) is 24.3 Å². The first kappa shape index (κ1) is 31.7. The van der Waals surface area contributed by atoms with Gasteiger partial charge in [-0.3, -0.25) is 14.4 Å². The van der Waals surface area contributed by atoms with E-state index in [4.69, 9.17) is 4.74 Å². The largest absolute Gasteiger partial charge is 0.508 e. The molecule has 0 radical (unpaired) electrons. The molecule has 1 rings (SSSR count). The number of alkyl carbamates (subject to hydrolysis) is 1. The van der Waals surface area contributed by atoms with Crippen molar-refractivity contribution in [3.63, 3.8) is 0 Å². The van der Waals surface area contributed by atoms with Gasteiger partial charge in [-0.2, -0.15) is 0 Å². The second-order valence-electron chi connectivity index (χ2n) is 9.96. The number of phenolic OH excluding ortho intramolecular Hbond substituents is 1. The van der Waals surface area contributed by atoms with Crippen LogP contribution in [0.4, 0.5) is 4.79 Å². The maximum atomic E-state index is 13.6. The molecule has 1 aromatic carbocycles. The van der Waals surface area contributed by atoms with E-state index in [0.29, 0.717) is 12.0 Å². The second-order valence-corrected chi connectivity index (χ2v) is 9.96. The van der Waals surface area contributed by atoms with Gasteiger partial charge in [0, 0.05) is 6.54 Å². The number of hydrogen-bond acceptors (Lipinski definition) is 7. The third-order valence-corrected chi connectivity index (χ3v) is 5.52. The molecule has 3 N–H and O–H groups in total. The Bertz CT molecular complexity index is 898. The fourth-order valence-electron chi connectivity index (χ4n) is 3.72. The van der Waals surface area contributed by atoms with Gasteiger partial charge >= 0.3 is 12.1 Å². The molecule has 1 aromatic rings. The van der Waals surface area contributed by atoms with E-state index < -0.39 is 41.6 Å². The molecule has 2 unspecified atom stereocenters. The minimum atomic E-state index is -1.15. The first-order valence-corrected chi connectivity index (χ1v) is 12.8. The van der Waals surface area contributed by atoms with Crippen molar-refractivity contribution >= 4 is 23.9 Å². The number of carbonyl (C=O) groups excluding carboxylic acids is 4. The third-order valence-electron chi connectivity index (χ3n) is 5.52. The topological polar surface area (TPSA) is 134 Å². The molecule has 0 aromatic heterocycles. The Labute approximate surface area is 220 Å². The molecule has 10 nitrogen and oxygen atoms in total. The van der Waals surface area contributed by atoms with Crippen LogP contribution in [0, 0.1) is 0 Å². The summed E-state index contributed by atoms with van der Waals surface area (Å²) < 4.78 is 9.89. The molecule has 0 heterocycles. The number of nitrogens with zero attached hydrogens (tertiary/aromatic N) is 1. The quantitative estimate of drug-likeness (QED) is 0.250. The lowest BCUT2D eigenvalue weighted by molar-refractivity contribution is -0.144. The van der Waals surface area contributed by atoms with E-state index >= 15 is 0 Å². The monoisotopic (exact) mass is 521 g/mol. The van der Waals surface area contributed by atoms with E-state index in [1.54, 1.807) is 32.9 Å². The number of amides is 3. The smallest absolute Gasteiger partial charge is 0.408 e. The van der Waals surface area contributed by atoms with Gasteiger partial charge in [0.25, 0.3) is 0 Å². The summed E-state index contributed by atoms with van der Waals surface area (Å²) >= 11 is 0. The summed E-state index contributed by atoms with van der Waals surface area (Å²) in [6.07, 6.45) is 5.04. The molecule has 0 aliphatic carbocycles. The molecular weight excluding hydrogens is 478 g/mol. The SMILES string of the molecule is CCCCCCCCN(C(=O)C(C)NC(=O)OC(C)(C)C)C(C(=O)NCC(=O)OC)c1cccc(O)c1. The molecule has 0 fully saturated rings. The van der Waals surface area contributed by atoms with E-state index in [9.17, 15) is 24.3 Å². The number of methoxy groups -OCH3 is 1. The highest BCUT2D eigenvalue weighted by atomic mass is 16.6. The zero-order valence-electron chi connectivity index (χ0n) is 23.0. The highest BCUT2D eigenvalue weighted by molar-refractivity contribution is 5.93. The second kappa shape index (κ2) is 15.7. The van der Waals surface area contributed by atoms with Crippen LogP contribution in [0.5, 0.6) is 5.75 Å². The van der Waals surface area contributed by atoms with Crippen molar-refractivity contribution in [2.45, 2.75) is 90.8 Å². The number of nitrogens with one attached hydrogen (secondary N) is 2. The van der Waals surface area contributed by atoms with Crippen molar-refractivity contribution in [3.8, 4) is 5.75 Å². The van der Waals surface area contributed by atoms with E-state index in [-0.39, 0.29) is 18.8 Å². The lowest BCUT2D eigenvalue weighted by atomic mass is 10.0. The summed E-state index contributed by atoms with van der Waals surface area (Å²) in [6, 6.07) is 3.90. The standard InChI is InChI=1S/C27H43N3O7/c1-7-8-9-10-11-12-16-30(25(34)19(2)29-26(35)37-27(3,4)5)23(20-14-13-15-21(31)17-20)24(33)28-18-22(32)36-6/h13-15,17,19,23,31H,7-12,16,18H2,1-6H3,(H,28,33)(H,29,35). The maximum absolute atomic E-state index is 13.6. The Kier molecular flexibility index (Phi) is 13.5. The van der Waals surface area contributed by atoms with Crippen molar-refractivity contribution in [2.75, 3.05) is 20.2 Å². The Morgan fingerprint density at radius 2 is 1.70 bits per heavy atom. The number of unbranched alkanes of at least 4 members (excludes halogenated alkanes) is 5. The van der Waals surface area contributed by atoms with Crippen molar-refractivity contribution in [2.24, 2.45) is 0 Å². The molecule has 0 spiro atoms. The van der Waals surface area contributed by atoms with Gasteiger partial charge in [0.15, 0.2) is 0 Å². The number of benzene rings is 1. The van der Waals surface area contributed by atoms with Gasteiger partial charge in [-0.25, -0.2) is 4.79 Å². The summed E-state index contributed by atoms with van der Waals surface area (Å²) in [5.41, 5.74) is -0.380. The molecule has 0 saturated carbocycles. The van der Waals surface area contributed by atoms with Gasteiger partial charge in [0.05, 0.1) is 7.11 Å². The lowest BCUT2D eigenvalue weighted by Gasteiger charge is -2.33. The van der Waals surface area contributed by atoms with Gasteiger partial charge in [-0.15, -0.1) is 0 Å². The van der Waals surface area contributed by atoms with Gasteiger partial charge in [-0.05, 0) is 51.8 Å². The van der Waals surface area contributed by atoms with Gasteiger partial charge in [0.2, 0.25) is 11.8 Å². The predicted molar refractivity (Wildman–Crippen MR) is 140 cm³/mol. The number of carbonyl (C=O) groups is 4. The summed E-state index contributed by atoms with van der Waals surface area (Å²) in [7, 11) is 1.21. The van der Waals surface area contributed by atoms with E-state index in [1.807, 2.05) is 0 Å². The van der Waals surface area contributed by atoms with Crippen molar-refractivity contribution in [3.05, 3.63) is 29.8 Å². The normalized spacial score (nSPS) is 12.7. The van der Waals surface area contributed by atoms with E-state index in [2.05, 4.69) is 22.3 Å². The number of phenols is 1. The van der Waals surface area contributed by atoms with Gasteiger partial charge in [-0.1, -0.05) is 51.2 Å². The molecule has 2 atom stereocenters. The molecule has 0 bridgehead atoms. The first-order valence-electron chi connectivity index (χ1n) is 12.8. The fraction of sp³-hybridized carbons (Fsp3) is 0.630.